The normalized spacial score (nSPS) is 12.9. The third-order valence-corrected chi connectivity index (χ3v) is 2.14. The van der Waals surface area contributed by atoms with Gasteiger partial charge < -0.3 is 16.4 Å². The average molecular weight is 277 g/mol. The van der Waals surface area contributed by atoms with Gasteiger partial charge in [-0.1, -0.05) is 0 Å². The van der Waals surface area contributed by atoms with E-state index in [0.29, 0.717) is 0 Å². The molecule has 0 spiro atoms. The number of anilines is 2. The fourth-order valence-corrected chi connectivity index (χ4v) is 1.38. The molecule has 4 N–H and O–H groups in total. The first-order valence-electron chi connectivity index (χ1n) is 5.41. The number of hydrogen-bond donors (Lipinski definition) is 3. The van der Waals surface area contributed by atoms with Gasteiger partial charge in [-0.15, -0.1) is 0 Å². The third-order valence-electron chi connectivity index (χ3n) is 2.14. The Hall–Kier alpha value is -2.06. The van der Waals surface area contributed by atoms with Crippen LogP contribution in [0, 0.1) is 0 Å². The lowest BCUT2D eigenvalue weighted by Crippen LogP contribution is -2.25. The highest BCUT2D eigenvalue weighted by atomic mass is 19.4. The van der Waals surface area contributed by atoms with Gasteiger partial charge in [0.2, 0.25) is 11.7 Å². The standard InChI is InChI=1S/C10H14F3N5O/c1-5(3-6(14)19)16-8-4-7(15-2)17-9(18-8)10(11,12)13/h4-5H,3H2,1-2H3,(H2,14,19)(H2,15,16,17,18). The minimum absolute atomic E-state index is 0.0136. The fourth-order valence-electron chi connectivity index (χ4n) is 1.38. The van der Waals surface area contributed by atoms with Crippen LogP contribution < -0.4 is 16.4 Å². The highest BCUT2D eigenvalue weighted by molar-refractivity contribution is 5.74. The summed E-state index contributed by atoms with van der Waals surface area (Å²) < 4.78 is 37.7. The number of primary amides is 1. The summed E-state index contributed by atoms with van der Waals surface area (Å²) in [4.78, 5) is 17.4. The van der Waals surface area contributed by atoms with Crippen LogP contribution in [0.15, 0.2) is 6.07 Å². The Balaban J connectivity index is 2.97. The molecule has 9 heteroatoms. The molecule has 0 bridgehead atoms. The number of rotatable bonds is 5. The van der Waals surface area contributed by atoms with Crippen molar-refractivity contribution in [1.29, 1.82) is 0 Å². The Morgan fingerprint density at radius 3 is 2.47 bits per heavy atom. The molecule has 1 amide bonds. The number of aromatic nitrogens is 2. The average Bonchev–Trinajstić information content (AvgIpc) is 2.25. The molecule has 19 heavy (non-hydrogen) atoms. The summed E-state index contributed by atoms with van der Waals surface area (Å²) in [6.45, 7) is 1.61. The second-order valence-corrected chi connectivity index (χ2v) is 3.93. The summed E-state index contributed by atoms with van der Waals surface area (Å²) >= 11 is 0. The molecular formula is C10H14F3N5O. The Bertz CT molecular complexity index is 463. The summed E-state index contributed by atoms with van der Waals surface area (Å²) in [5.41, 5.74) is 5.00. The predicted octanol–water partition coefficient (Wildman–Crippen LogP) is 1.21. The minimum Gasteiger partial charge on any atom is -0.373 e. The number of carbonyl (C=O) groups is 1. The number of nitrogens with two attached hydrogens (primary N) is 1. The van der Waals surface area contributed by atoms with Gasteiger partial charge in [-0.3, -0.25) is 4.79 Å². The maximum Gasteiger partial charge on any atom is 0.451 e. The van der Waals surface area contributed by atoms with Gasteiger partial charge in [0, 0.05) is 25.6 Å². The van der Waals surface area contributed by atoms with E-state index < -0.39 is 23.9 Å². The lowest BCUT2D eigenvalue weighted by atomic mass is 10.2. The number of halogens is 3. The molecule has 6 nitrogen and oxygen atoms in total. The number of nitrogens with zero attached hydrogens (tertiary/aromatic N) is 2. The van der Waals surface area contributed by atoms with Gasteiger partial charge in [0.25, 0.3) is 0 Å². The van der Waals surface area contributed by atoms with E-state index in [1.807, 2.05) is 0 Å². The Morgan fingerprint density at radius 1 is 1.42 bits per heavy atom. The molecule has 0 saturated carbocycles. The summed E-state index contributed by atoms with van der Waals surface area (Å²) in [6, 6.07) is 0.880. The first-order valence-corrected chi connectivity index (χ1v) is 5.41. The van der Waals surface area contributed by atoms with Gasteiger partial charge in [-0.2, -0.15) is 13.2 Å². The molecule has 1 rings (SSSR count). The van der Waals surface area contributed by atoms with E-state index in [-0.39, 0.29) is 18.1 Å². The lowest BCUT2D eigenvalue weighted by Gasteiger charge is -2.15. The minimum atomic E-state index is -4.64. The maximum atomic E-state index is 12.6. The Labute approximate surface area is 107 Å². The van der Waals surface area contributed by atoms with Crippen LogP contribution in [0.3, 0.4) is 0 Å². The molecule has 1 unspecified atom stereocenters. The first-order chi connectivity index (χ1) is 8.72. The maximum absolute atomic E-state index is 12.6. The number of carbonyl (C=O) groups excluding carboxylic acids is 1. The van der Waals surface area contributed by atoms with Crippen molar-refractivity contribution < 1.29 is 18.0 Å². The second kappa shape index (κ2) is 5.72. The van der Waals surface area contributed by atoms with Crippen LogP contribution in [0.5, 0.6) is 0 Å². The molecule has 1 atom stereocenters. The molecule has 0 aliphatic carbocycles. The molecule has 0 aliphatic heterocycles. The molecule has 1 aromatic rings. The summed E-state index contributed by atoms with van der Waals surface area (Å²) in [6.07, 6.45) is -4.66. The van der Waals surface area contributed by atoms with Crippen molar-refractivity contribution in [1.82, 2.24) is 9.97 Å². The van der Waals surface area contributed by atoms with E-state index >= 15 is 0 Å². The van der Waals surface area contributed by atoms with Gasteiger partial charge in [0.1, 0.15) is 11.6 Å². The molecular weight excluding hydrogens is 263 g/mol. The van der Waals surface area contributed by atoms with E-state index in [1.54, 1.807) is 6.92 Å². The smallest absolute Gasteiger partial charge is 0.373 e. The quantitative estimate of drug-likeness (QED) is 0.752. The third kappa shape index (κ3) is 4.60. The van der Waals surface area contributed by atoms with Crippen LogP contribution in [0.1, 0.15) is 19.2 Å². The number of amides is 1. The molecule has 106 valence electrons. The van der Waals surface area contributed by atoms with Crippen LogP contribution in [0.4, 0.5) is 24.8 Å². The SMILES string of the molecule is CNc1cc(NC(C)CC(N)=O)nc(C(F)(F)F)n1. The van der Waals surface area contributed by atoms with Gasteiger partial charge >= 0.3 is 6.18 Å². The zero-order valence-corrected chi connectivity index (χ0v) is 10.4. The molecule has 0 saturated heterocycles. The van der Waals surface area contributed by atoms with Crippen molar-refractivity contribution in [2.75, 3.05) is 17.7 Å². The molecule has 0 radical (unpaired) electrons. The van der Waals surface area contributed by atoms with E-state index in [2.05, 4.69) is 20.6 Å². The van der Waals surface area contributed by atoms with Crippen LogP contribution in [0.25, 0.3) is 0 Å². The Morgan fingerprint density at radius 2 is 2.00 bits per heavy atom. The summed E-state index contributed by atoms with van der Waals surface area (Å²) in [5, 5.41) is 5.18. The highest BCUT2D eigenvalue weighted by Crippen LogP contribution is 2.28. The van der Waals surface area contributed by atoms with Crippen molar-refractivity contribution in [3.05, 3.63) is 11.9 Å². The van der Waals surface area contributed by atoms with E-state index in [4.69, 9.17) is 5.73 Å². The van der Waals surface area contributed by atoms with Crippen molar-refractivity contribution >= 4 is 17.5 Å². The van der Waals surface area contributed by atoms with Gasteiger partial charge in [0.05, 0.1) is 0 Å². The first kappa shape index (κ1) is 15.0. The van der Waals surface area contributed by atoms with Crippen molar-refractivity contribution in [2.24, 2.45) is 5.73 Å². The molecule has 0 fully saturated rings. The lowest BCUT2D eigenvalue weighted by molar-refractivity contribution is -0.144. The van der Waals surface area contributed by atoms with Gasteiger partial charge in [-0.25, -0.2) is 9.97 Å². The highest BCUT2D eigenvalue weighted by Gasteiger charge is 2.35. The largest absolute Gasteiger partial charge is 0.451 e. The van der Waals surface area contributed by atoms with Crippen molar-refractivity contribution in [3.8, 4) is 0 Å². The fraction of sp³-hybridized carbons (Fsp3) is 0.500. The van der Waals surface area contributed by atoms with E-state index in [1.165, 1.54) is 13.1 Å². The predicted molar refractivity (Wildman–Crippen MR) is 63.5 cm³/mol. The van der Waals surface area contributed by atoms with Gasteiger partial charge in [0.15, 0.2) is 0 Å². The topological polar surface area (TPSA) is 92.9 Å². The van der Waals surface area contributed by atoms with Crippen molar-refractivity contribution in [3.63, 3.8) is 0 Å². The van der Waals surface area contributed by atoms with Gasteiger partial charge in [-0.05, 0) is 6.92 Å². The summed E-state index contributed by atoms with van der Waals surface area (Å²) in [5.74, 6) is -1.82. The molecule has 1 aromatic heterocycles. The van der Waals surface area contributed by atoms with Crippen LogP contribution >= 0.6 is 0 Å². The van der Waals surface area contributed by atoms with Crippen LogP contribution in [-0.2, 0) is 11.0 Å². The van der Waals surface area contributed by atoms with Crippen LogP contribution in [0.2, 0.25) is 0 Å². The zero-order chi connectivity index (χ0) is 14.6. The van der Waals surface area contributed by atoms with E-state index in [9.17, 15) is 18.0 Å². The second-order valence-electron chi connectivity index (χ2n) is 3.93. The number of nitrogens with one attached hydrogen (secondary N) is 2. The number of alkyl halides is 3. The number of hydrogen-bond acceptors (Lipinski definition) is 5. The zero-order valence-electron chi connectivity index (χ0n) is 10.4. The molecule has 0 aliphatic rings. The molecule has 0 aromatic carbocycles. The summed E-state index contributed by atoms with van der Waals surface area (Å²) in [7, 11) is 1.44. The van der Waals surface area contributed by atoms with Crippen LogP contribution in [-0.4, -0.2) is 29.0 Å². The molecule has 1 heterocycles. The van der Waals surface area contributed by atoms with E-state index in [0.717, 1.165) is 0 Å². The van der Waals surface area contributed by atoms with Crippen molar-refractivity contribution in [2.45, 2.75) is 25.6 Å². The monoisotopic (exact) mass is 277 g/mol. The Kier molecular flexibility index (Phi) is 4.52.